The molecule has 2 atom stereocenters. The van der Waals surface area contributed by atoms with Crippen LogP contribution in [0.25, 0.3) is 0 Å². The van der Waals surface area contributed by atoms with Gasteiger partial charge in [0.05, 0.1) is 0 Å². The van der Waals surface area contributed by atoms with Crippen molar-refractivity contribution >= 4 is 17.4 Å². The van der Waals surface area contributed by atoms with Crippen LogP contribution in [0.4, 0.5) is 5.82 Å². The lowest BCUT2D eigenvalue weighted by Crippen LogP contribution is -2.43. The second kappa shape index (κ2) is 5.85. The van der Waals surface area contributed by atoms with Gasteiger partial charge in [-0.3, -0.25) is 0 Å². The molecule has 0 amide bonds. The Hall–Kier alpha value is -0.870. The van der Waals surface area contributed by atoms with Gasteiger partial charge in [0, 0.05) is 25.8 Å². The molecule has 0 saturated carbocycles. The van der Waals surface area contributed by atoms with Crippen molar-refractivity contribution in [3.8, 4) is 0 Å². The molecule has 2 heterocycles. The van der Waals surface area contributed by atoms with E-state index in [2.05, 4.69) is 28.7 Å². The van der Waals surface area contributed by atoms with Crippen molar-refractivity contribution in [2.24, 2.45) is 5.92 Å². The summed E-state index contributed by atoms with van der Waals surface area (Å²) in [5, 5.41) is 0.484. The van der Waals surface area contributed by atoms with Gasteiger partial charge in [0.15, 0.2) is 5.82 Å². The van der Waals surface area contributed by atoms with Gasteiger partial charge in [0.25, 0.3) is 0 Å². The molecule has 1 aliphatic rings. The highest BCUT2D eigenvalue weighted by atomic mass is 35.5. The Labute approximate surface area is 113 Å². The van der Waals surface area contributed by atoms with Crippen molar-refractivity contribution in [2.45, 2.75) is 39.3 Å². The first kappa shape index (κ1) is 13.6. The fourth-order valence-electron chi connectivity index (χ4n) is 2.45. The molecule has 100 valence electrons. The summed E-state index contributed by atoms with van der Waals surface area (Å²) in [7, 11) is 1.63. The minimum atomic E-state index is 0.394. The minimum Gasteiger partial charge on any atom is -0.377 e. The van der Waals surface area contributed by atoms with Gasteiger partial charge in [-0.15, -0.1) is 0 Å². The molecular formula is C13H20ClN3O. The minimum absolute atomic E-state index is 0.394. The zero-order valence-corrected chi connectivity index (χ0v) is 11.9. The van der Waals surface area contributed by atoms with Crippen molar-refractivity contribution in [3.05, 3.63) is 17.0 Å². The Balaban J connectivity index is 2.26. The smallest absolute Gasteiger partial charge is 0.158 e. The topological polar surface area (TPSA) is 38.2 Å². The lowest BCUT2D eigenvalue weighted by atomic mass is 9.92. The maximum Gasteiger partial charge on any atom is 0.158 e. The molecule has 0 spiro atoms. The quantitative estimate of drug-likeness (QED) is 0.791. The number of ether oxygens (including phenoxy) is 1. The van der Waals surface area contributed by atoms with E-state index in [4.69, 9.17) is 16.3 Å². The molecule has 5 heteroatoms. The van der Waals surface area contributed by atoms with Crippen LogP contribution in [0.15, 0.2) is 6.07 Å². The fourth-order valence-corrected chi connectivity index (χ4v) is 2.65. The van der Waals surface area contributed by atoms with E-state index in [-0.39, 0.29) is 0 Å². The van der Waals surface area contributed by atoms with Gasteiger partial charge < -0.3 is 9.64 Å². The van der Waals surface area contributed by atoms with Crippen LogP contribution in [0.2, 0.25) is 5.15 Å². The summed E-state index contributed by atoms with van der Waals surface area (Å²) in [5.41, 5.74) is 0. The average molecular weight is 270 g/mol. The largest absolute Gasteiger partial charge is 0.377 e. The van der Waals surface area contributed by atoms with Gasteiger partial charge in [0.1, 0.15) is 17.6 Å². The number of halogens is 1. The third kappa shape index (κ3) is 2.93. The summed E-state index contributed by atoms with van der Waals surface area (Å²) in [6, 6.07) is 2.33. The van der Waals surface area contributed by atoms with Crippen LogP contribution in [0.1, 0.15) is 32.5 Å². The summed E-state index contributed by atoms with van der Waals surface area (Å²) < 4.78 is 5.07. The lowest BCUT2D eigenvalue weighted by molar-refractivity contribution is 0.177. The van der Waals surface area contributed by atoms with E-state index in [1.807, 2.05) is 6.07 Å². The number of aromatic nitrogens is 2. The first-order chi connectivity index (χ1) is 8.61. The molecule has 0 radical (unpaired) electrons. The van der Waals surface area contributed by atoms with Crippen LogP contribution in [-0.2, 0) is 11.3 Å². The second-order valence-electron chi connectivity index (χ2n) is 4.95. The number of piperidine rings is 1. The highest BCUT2D eigenvalue weighted by Crippen LogP contribution is 2.28. The number of anilines is 1. The first-order valence-corrected chi connectivity index (χ1v) is 6.78. The second-order valence-corrected chi connectivity index (χ2v) is 5.34. The predicted octanol–water partition coefficient (Wildman–Crippen LogP) is 2.90. The van der Waals surface area contributed by atoms with E-state index in [0.29, 0.717) is 29.5 Å². The van der Waals surface area contributed by atoms with Crippen molar-refractivity contribution in [1.29, 1.82) is 0 Å². The molecule has 0 bridgehead atoms. The monoisotopic (exact) mass is 269 g/mol. The van der Waals surface area contributed by atoms with Crippen molar-refractivity contribution in [3.63, 3.8) is 0 Å². The molecule has 1 aromatic rings. The van der Waals surface area contributed by atoms with Crippen LogP contribution < -0.4 is 4.90 Å². The highest BCUT2D eigenvalue weighted by molar-refractivity contribution is 6.29. The Morgan fingerprint density at radius 1 is 1.44 bits per heavy atom. The Bertz CT molecular complexity index is 413. The summed E-state index contributed by atoms with van der Waals surface area (Å²) in [6.07, 6.45) is 2.48. The third-order valence-electron chi connectivity index (χ3n) is 3.67. The number of hydrogen-bond donors (Lipinski definition) is 0. The molecule has 1 saturated heterocycles. The average Bonchev–Trinajstić information content (AvgIpc) is 2.32. The molecule has 2 rings (SSSR count). The van der Waals surface area contributed by atoms with Crippen LogP contribution in [0, 0.1) is 5.92 Å². The van der Waals surface area contributed by atoms with E-state index in [1.165, 1.54) is 12.8 Å². The number of hydrogen-bond acceptors (Lipinski definition) is 4. The molecule has 18 heavy (non-hydrogen) atoms. The normalized spacial score (nSPS) is 24.3. The standard InChI is InChI=1S/C13H20ClN3O/c1-9-5-4-6-17(10(9)2)13-7-11(14)15-12(16-13)8-18-3/h7,9-10H,4-6,8H2,1-3H3. The van der Waals surface area contributed by atoms with E-state index in [9.17, 15) is 0 Å². The van der Waals surface area contributed by atoms with Crippen molar-refractivity contribution in [1.82, 2.24) is 9.97 Å². The predicted molar refractivity (Wildman–Crippen MR) is 73.0 cm³/mol. The summed E-state index contributed by atoms with van der Waals surface area (Å²) in [6.45, 7) is 5.96. The zero-order chi connectivity index (χ0) is 13.1. The molecule has 0 aliphatic carbocycles. The maximum absolute atomic E-state index is 6.06. The third-order valence-corrected chi connectivity index (χ3v) is 3.86. The number of methoxy groups -OCH3 is 1. The van der Waals surface area contributed by atoms with Gasteiger partial charge >= 0.3 is 0 Å². The van der Waals surface area contributed by atoms with Gasteiger partial charge in [-0.25, -0.2) is 9.97 Å². The van der Waals surface area contributed by atoms with Crippen LogP contribution >= 0.6 is 11.6 Å². The SMILES string of the molecule is COCc1nc(Cl)cc(N2CCCC(C)C2C)n1. The zero-order valence-electron chi connectivity index (χ0n) is 11.2. The Morgan fingerprint density at radius 2 is 2.22 bits per heavy atom. The van der Waals surface area contributed by atoms with Gasteiger partial charge in [-0.2, -0.15) is 0 Å². The maximum atomic E-state index is 6.06. The first-order valence-electron chi connectivity index (χ1n) is 6.41. The van der Waals surface area contributed by atoms with Gasteiger partial charge in [-0.1, -0.05) is 18.5 Å². The van der Waals surface area contributed by atoms with Crippen LogP contribution in [0.3, 0.4) is 0 Å². The Kier molecular flexibility index (Phi) is 4.40. The van der Waals surface area contributed by atoms with Gasteiger partial charge in [-0.05, 0) is 25.7 Å². The lowest BCUT2D eigenvalue weighted by Gasteiger charge is -2.38. The van der Waals surface area contributed by atoms with Crippen molar-refractivity contribution in [2.75, 3.05) is 18.6 Å². The molecule has 1 fully saturated rings. The Morgan fingerprint density at radius 3 is 2.94 bits per heavy atom. The summed E-state index contributed by atoms with van der Waals surface area (Å²) >= 11 is 6.06. The number of rotatable bonds is 3. The summed E-state index contributed by atoms with van der Waals surface area (Å²) in [4.78, 5) is 11.0. The van der Waals surface area contributed by atoms with E-state index in [1.54, 1.807) is 7.11 Å². The molecule has 1 aromatic heterocycles. The molecular weight excluding hydrogens is 250 g/mol. The van der Waals surface area contributed by atoms with Gasteiger partial charge in [0.2, 0.25) is 0 Å². The van der Waals surface area contributed by atoms with Crippen LogP contribution in [-0.4, -0.2) is 29.7 Å². The van der Waals surface area contributed by atoms with E-state index < -0.39 is 0 Å². The van der Waals surface area contributed by atoms with Crippen LogP contribution in [0.5, 0.6) is 0 Å². The fraction of sp³-hybridized carbons (Fsp3) is 0.692. The van der Waals surface area contributed by atoms with E-state index in [0.717, 1.165) is 12.4 Å². The summed E-state index contributed by atoms with van der Waals surface area (Å²) in [5.74, 6) is 2.24. The van der Waals surface area contributed by atoms with E-state index >= 15 is 0 Å². The highest BCUT2D eigenvalue weighted by Gasteiger charge is 2.26. The molecule has 1 aliphatic heterocycles. The van der Waals surface area contributed by atoms with Crippen molar-refractivity contribution < 1.29 is 4.74 Å². The molecule has 4 nitrogen and oxygen atoms in total. The number of nitrogens with zero attached hydrogens (tertiary/aromatic N) is 3. The molecule has 0 N–H and O–H groups in total. The molecule has 0 aromatic carbocycles. The molecule has 2 unspecified atom stereocenters.